The van der Waals surface area contributed by atoms with Crippen molar-refractivity contribution >= 4 is 24.2 Å². The van der Waals surface area contributed by atoms with E-state index in [1.165, 1.54) is 0 Å². The van der Waals surface area contributed by atoms with Crippen molar-refractivity contribution in [2.75, 3.05) is 20.3 Å². The lowest BCUT2D eigenvalue weighted by molar-refractivity contribution is -0.132. The van der Waals surface area contributed by atoms with Gasteiger partial charge in [0.2, 0.25) is 5.91 Å². The fourth-order valence-electron chi connectivity index (χ4n) is 2.05. The smallest absolute Gasteiger partial charge is 0.222 e. The first-order valence-electron chi connectivity index (χ1n) is 6.61. The maximum atomic E-state index is 11.9. The average molecular weight is 309 g/mol. The first kappa shape index (κ1) is 17.1. The van der Waals surface area contributed by atoms with Gasteiger partial charge in [-0.05, 0) is 18.2 Å². The molecule has 0 bridgehead atoms. The van der Waals surface area contributed by atoms with Crippen molar-refractivity contribution in [1.29, 1.82) is 0 Å². The molecule has 19 heavy (non-hydrogen) atoms. The second-order valence-electron chi connectivity index (χ2n) is 5.10. The summed E-state index contributed by atoms with van der Waals surface area (Å²) in [6.45, 7) is 3.66. The van der Waals surface area contributed by atoms with Crippen LogP contribution in [-0.4, -0.2) is 53.8 Å². The van der Waals surface area contributed by atoms with Gasteiger partial charge in [0, 0.05) is 25.7 Å². The van der Waals surface area contributed by atoms with E-state index in [0.717, 1.165) is 6.42 Å². The van der Waals surface area contributed by atoms with Gasteiger partial charge in [-0.2, -0.15) is 0 Å². The number of nitrogens with zero attached hydrogens (tertiary/aromatic N) is 1. The molecule has 1 aliphatic heterocycles. The van der Waals surface area contributed by atoms with Crippen LogP contribution in [0.25, 0.3) is 0 Å². The Morgan fingerprint density at radius 1 is 1.58 bits per heavy atom. The zero-order chi connectivity index (χ0) is 14.6. The average Bonchev–Trinajstić information content (AvgIpc) is 2.78. The third-order valence-corrected chi connectivity index (χ3v) is 6.84. The molecule has 1 saturated heterocycles. The van der Waals surface area contributed by atoms with Gasteiger partial charge in [-0.15, -0.1) is 0 Å². The Balaban J connectivity index is 2.64. The highest BCUT2D eigenvalue weighted by Crippen LogP contribution is 2.47. The second kappa shape index (κ2) is 7.14. The summed E-state index contributed by atoms with van der Waals surface area (Å²) in [7, 11) is 1.65. The number of ether oxygens (including phenoxy) is 1. The van der Waals surface area contributed by atoms with Gasteiger partial charge in [0.15, 0.2) is 6.49 Å². The summed E-state index contributed by atoms with van der Waals surface area (Å²) in [5.74, 6) is 0.0870. The minimum atomic E-state index is -2.76. The van der Waals surface area contributed by atoms with E-state index in [2.05, 4.69) is 0 Å². The molecule has 1 heterocycles. The summed E-state index contributed by atoms with van der Waals surface area (Å²) < 4.78 is 10.8. The Kier molecular flexibility index (Phi) is 6.40. The van der Waals surface area contributed by atoms with Crippen LogP contribution in [0, 0.1) is 0 Å². The molecule has 1 amide bonds. The second-order valence-corrected chi connectivity index (χ2v) is 9.09. The largest absolute Gasteiger partial charge is 0.380 e. The van der Waals surface area contributed by atoms with Gasteiger partial charge in [0.25, 0.3) is 0 Å². The number of carbonyl (C=O) groups is 1. The minimum absolute atomic E-state index is 0.0414. The molecule has 0 aromatic heterocycles. The molecule has 7 heteroatoms. The first-order chi connectivity index (χ1) is 8.81. The van der Waals surface area contributed by atoms with Crippen molar-refractivity contribution in [2.45, 2.75) is 51.4 Å². The number of methoxy groups -OCH3 is 1. The van der Waals surface area contributed by atoms with Gasteiger partial charge in [-0.25, -0.2) is 0 Å². The molecule has 112 valence electrons. The third kappa shape index (κ3) is 4.50. The van der Waals surface area contributed by atoms with E-state index in [0.29, 0.717) is 13.0 Å². The predicted octanol–water partition coefficient (Wildman–Crippen LogP) is 1.74. The lowest BCUT2D eigenvalue weighted by Crippen LogP contribution is -2.38. The van der Waals surface area contributed by atoms with Crippen molar-refractivity contribution in [3.8, 4) is 0 Å². The van der Waals surface area contributed by atoms with Gasteiger partial charge in [-0.1, -0.05) is 20.8 Å². The molecule has 3 atom stereocenters. The number of likely N-dealkylation sites (tertiary alicyclic amines) is 1. The molecular formula is C12H24NO4PS. The van der Waals surface area contributed by atoms with E-state index in [4.69, 9.17) is 21.1 Å². The summed E-state index contributed by atoms with van der Waals surface area (Å²) in [4.78, 5) is 23.7. The molecule has 0 radical (unpaired) electrons. The molecule has 0 saturated carbocycles. The Hall–Kier alpha value is -0.000000000000000111. The molecule has 1 N–H and O–H groups in total. The van der Waals surface area contributed by atoms with Crippen molar-refractivity contribution in [2.24, 2.45) is 0 Å². The molecule has 3 unspecified atom stereocenters. The van der Waals surface area contributed by atoms with Crippen LogP contribution in [0.4, 0.5) is 0 Å². The van der Waals surface area contributed by atoms with Crippen LogP contribution in [0.2, 0.25) is 0 Å². The van der Waals surface area contributed by atoms with Crippen LogP contribution in [0.5, 0.6) is 0 Å². The summed E-state index contributed by atoms with van der Waals surface area (Å²) >= 11 is 5.10. The molecule has 0 aliphatic carbocycles. The fraction of sp³-hybridized carbons (Fsp3) is 0.917. The monoisotopic (exact) mass is 309 g/mol. The van der Waals surface area contributed by atoms with E-state index in [-0.39, 0.29) is 30.3 Å². The Bertz CT molecular complexity index is 364. The van der Waals surface area contributed by atoms with E-state index in [1.54, 1.807) is 12.0 Å². The third-order valence-electron chi connectivity index (χ3n) is 3.44. The van der Waals surface area contributed by atoms with E-state index in [1.807, 2.05) is 20.8 Å². The quantitative estimate of drug-likeness (QED) is 0.757. The summed E-state index contributed by atoms with van der Waals surface area (Å²) in [6.07, 6.45) is 1.24. The maximum absolute atomic E-state index is 11.9. The SMILES string of the molecule is CCC(=O)N1CC(OC)CC1COP(O)(=S)C(C)C. The van der Waals surface area contributed by atoms with Crippen LogP contribution < -0.4 is 0 Å². The van der Waals surface area contributed by atoms with E-state index >= 15 is 0 Å². The highest BCUT2D eigenvalue weighted by atomic mass is 32.5. The van der Waals surface area contributed by atoms with Crippen molar-refractivity contribution in [3.63, 3.8) is 0 Å². The van der Waals surface area contributed by atoms with Gasteiger partial charge in [0.05, 0.1) is 18.8 Å². The van der Waals surface area contributed by atoms with Crippen LogP contribution in [0.3, 0.4) is 0 Å². The standard InChI is InChI=1S/C12H24NO4PS/c1-5-12(14)13-7-11(16-4)6-10(13)8-17-18(15,19)9(2)3/h9-11H,5-8H2,1-4H3,(H,15,19). The Labute approximate surface area is 120 Å². The van der Waals surface area contributed by atoms with Crippen LogP contribution >= 0.6 is 6.49 Å². The van der Waals surface area contributed by atoms with Gasteiger partial charge in [0.1, 0.15) is 0 Å². The lowest BCUT2D eigenvalue weighted by Gasteiger charge is -2.27. The zero-order valence-electron chi connectivity index (χ0n) is 12.0. The zero-order valence-corrected chi connectivity index (χ0v) is 13.7. The fourth-order valence-corrected chi connectivity index (χ4v) is 2.92. The van der Waals surface area contributed by atoms with E-state index < -0.39 is 6.49 Å². The van der Waals surface area contributed by atoms with Crippen LogP contribution in [0.15, 0.2) is 0 Å². The van der Waals surface area contributed by atoms with Crippen molar-refractivity contribution in [1.82, 2.24) is 4.90 Å². The summed E-state index contributed by atoms with van der Waals surface area (Å²) in [5.41, 5.74) is -0.0718. The van der Waals surface area contributed by atoms with Gasteiger partial charge >= 0.3 is 0 Å². The highest BCUT2D eigenvalue weighted by Gasteiger charge is 2.35. The first-order valence-corrected chi connectivity index (χ1v) is 9.35. The maximum Gasteiger partial charge on any atom is 0.222 e. The Morgan fingerprint density at radius 3 is 2.68 bits per heavy atom. The van der Waals surface area contributed by atoms with Crippen molar-refractivity contribution in [3.05, 3.63) is 0 Å². The normalized spacial score (nSPS) is 26.7. The Morgan fingerprint density at radius 2 is 2.21 bits per heavy atom. The highest BCUT2D eigenvalue weighted by molar-refractivity contribution is 8.09. The number of carbonyl (C=O) groups excluding carboxylic acids is 1. The van der Waals surface area contributed by atoms with Crippen molar-refractivity contribution < 1.29 is 18.9 Å². The molecule has 1 fully saturated rings. The molecular weight excluding hydrogens is 285 g/mol. The molecule has 0 aromatic carbocycles. The molecule has 0 spiro atoms. The van der Waals surface area contributed by atoms with Crippen LogP contribution in [-0.2, 0) is 25.9 Å². The predicted molar refractivity (Wildman–Crippen MR) is 78.8 cm³/mol. The van der Waals surface area contributed by atoms with Crippen LogP contribution in [0.1, 0.15) is 33.6 Å². The topological polar surface area (TPSA) is 59.0 Å². The number of rotatable bonds is 6. The number of hydrogen-bond acceptors (Lipinski definition) is 4. The van der Waals surface area contributed by atoms with Gasteiger partial charge in [-0.3, -0.25) is 4.79 Å². The number of amides is 1. The molecule has 5 nitrogen and oxygen atoms in total. The number of hydrogen-bond donors (Lipinski definition) is 1. The molecule has 0 aromatic rings. The summed E-state index contributed by atoms with van der Waals surface area (Å²) in [6, 6.07) is -0.0503. The molecule has 1 aliphatic rings. The van der Waals surface area contributed by atoms with Gasteiger partial charge < -0.3 is 19.1 Å². The minimum Gasteiger partial charge on any atom is -0.380 e. The summed E-state index contributed by atoms with van der Waals surface area (Å²) in [5, 5.41) is 0. The van der Waals surface area contributed by atoms with E-state index in [9.17, 15) is 9.69 Å². The lowest BCUT2D eigenvalue weighted by atomic mass is 10.2. The molecule has 1 rings (SSSR count).